The van der Waals surface area contributed by atoms with Crippen molar-refractivity contribution in [2.45, 2.75) is 24.9 Å². The number of carbonyl (C=O) groups excluding carboxylic acids is 1. The van der Waals surface area contributed by atoms with Crippen LogP contribution in [-0.4, -0.2) is 25.2 Å². The summed E-state index contributed by atoms with van der Waals surface area (Å²) in [5.41, 5.74) is 0.171. The highest BCUT2D eigenvalue weighted by molar-refractivity contribution is 5.77. The van der Waals surface area contributed by atoms with Gasteiger partial charge in [-0.3, -0.25) is 4.79 Å². The molecule has 0 bridgehead atoms. The topological polar surface area (TPSA) is 26.3 Å². The van der Waals surface area contributed by atoms with Crippen molar-refractivity contribution in [1.82, 2.24) is 0 Å². The monoisotopic (exact) mass is 222 g/mol. The normalized spacial score (nSPS) is 19.3. The number of hydrogen-bond donors (Lipinski definition) is 0. The number of alkyl halides is 1. The number of halogens is 1. The minimum atomic E-state index is -1.21. The average molecular weight is 222 g/mol. The molecule has 0 aromatic heterocycles. The molecule has 0 saturated carbocycles. The average Bonchev–Trinajstić information content (AvgIpc) is 2.30. The fourth-order valence-corrected chi connectivity index (χ4v) is 2.07. The van der Waals surface area contributed by atoms with E-state index in [-0.39, 0.29) is 0 Å². The Hall–Kier alpha value is -1.22. The molecule has 1 fully saturated rings. The molecule has 2 rings (SSSR count). The molecule has 0 spiro atoms. The molecule has 0 unspecified atom stereocenters. The molecule has 0 aliphatic carbocycles. The zero-order valence-corrected chi connectivity index (χ0v) is 9.12. The van der Waals surface area contributed by atoms with E-state index in [2.05, 4.69) is 0 Å². The smallest absolute Gasteiger partial charge is 0.150 e. The van der Waals surface area contributed by atoms with Crippen molar-refractivity contribution in [3.8, 4) is 0 Å². The van der Waals surface area contributed by atoms with Crippen molar-refractivity contribution < 1.29 is 13.9 Å². The Bertz CT molecular complexity index is 370. The molecule has 0 radical (unpaired) electrons. The van der Waals surface area contributed by atoms with Gasteiger partial charge in [0.15, 0.2) is 0 Å². The van der Waals surface area contributed by atoms with Gasteiger partial charge in [-0.1, -0.05) is 24.3 Å². The Balaban J connectivity index is 2.15. The van der Waals surface area contributed by atoms with Crippen LogP contribution in [-0.2, 0) is 11.2 Å². The highest BCUT2D eigenvalue weighted by Crippen LogP contribution is 2.30. The lowest BCUT2D eigenvalue weighted by atomic mass is 9.87. The maximum absolute atomic E-state index is 14.4. The quantitative estimate of drug-likeness (QED) is 0.735. The van der Waals surface area contributed by atoms with Gasteiger partial charge >= 0.3 is 0 Å². The van der Waals surface area contributed by atoms with Crippen LogP contribution in [0.4, 0.5) is 4.39 Å². The van der Waals surface area contributed by atoms with Gasteiger partial charge in [0.05, 0.1) is 0 Å². The van der Waals surface area contributed by atoms with E-state index in [0.717, 1.165) is 11.8 Å². The van der Waals surface area contributed by atoms with Gasteiger partial charge in [-0.2, -0.15) is 0 Å². The molecule has 1 aliphatic rings. The number of ether oxygens (including phenoxy) is 1. The van der Waals surface area contributed by atoms with E-state index >= 15 is 0 Å². The maximum Gasteiger partial charge on any atom is 0.150 e. The summed E-state index contributed by atoms with van der Waals surface area (Å²) < 4.78 is 19.5. The lowest BCUT2D eigenvalue weighted by molar-refractivity contribution is -0.00819. The van der Waals surface area contributed by atoms with Crippen LogP contribution in [0.1, 0.15) is 28.8 Å². The molecule has 2 nitrogen and oxygen atoms in total. The van der Waals surface area contributed by atoms with Crippen LogP contribution in [0, 0.1) is 0 Å². The van der Waals surface area contributed by atoms with Crippen molar-refractivity contribution in [2.75, 3.05) is 13.2 Å². The Morgan fingerprint density at radius 2 is 2.00 bits per heavy atom. The Morgan fingerprint density at radius 3 is 2.69 bits per heavy atom. The Kier molecular flexibility index (Phi) is 3.34. The molecule has 1 aliphatic heterocycles. The zero-order chi connectivity index (χ0) is 11.4. The Morgan fingerprint density at radius 1 is 1.31 bits per heavy atom. The molecule has 0 N–H and O–H groups in total. The first kappa shape index (κ1) is 11.3. The highest BCUT2D eigenvalue weighted by atomic mass is 19.1. The van der Waals surface area contributed by atoms with Gasteiger partial charge in [0, 0.05) is 38.0 Å². The summed E-state index contributed by atoms with van der Waals surface area (Å²) in [5.74, 6) is 0. The summed E-state index contributed by atoms with van der Waals surface area (Å²) in [5, 5.41) is 0. The predicted molar refractivity (Wildman–Crippen MR) is 59.4 cm³/mol. The minimum Gasteiger partial charge on any atom is -0.381 e. The lowest BCUT2D eigenvalue weighted by Gasteiger charge is -2.29. The van der Waals surface area contributed by atoms with Crippen LogP contribution in [0.2, 0.25) is 0 Å². The van der Waals surface area contributed by atoms with Gasteiger partial charge in [-0.05, 0) is 5.56 Å². The molecular weight excluding hydrogens is 207 g/mol. The first-order valence-corrected chi connectivity index (χ1v) is 5.53. The lowest BCUT2D eigenvalue weighted by Crippen LogP contribution is -2.34. The molecule has 16 heavy (non-hydrogen) atoms. The van der Waals surface area contributed by atoms with Crippen LogP contribution >= 0.6 is 0 Å². The molecule has 1 saturated heterocycles. The van der Waals surface area contributed by atoms with Gasteiger partial charge in [0.1, 0.15) is 12.0 Å². The second-order valence-electron chi connectivity index (χ2n) is 4.26. The molecule has 1 aromatic rings. The largest absolute Gasteiger partial charge is 0.381 e. The van der Waals surface area contributed by atoms with Crippen LogP contribution < -0.4 is 0 Å². The molecule has 1 heterocycles. The van der Waals surface area contributed by atoms with Gasteiger partial charge < -0.3 is 4.74 Å². The summed E-state index contributed by atoms with van der Waals surface area (Å²) in [6.45, 7) is 0.944. The summed E-state index contributed by atoms with van der Waals surface area (Å²) in [6.07, 6.45) is 1.93. The van der Waals surface area contributed by atoms with Crippen molar-refractivity contribution in [3.05, 3.63) is 35.4 Å². The van der Waals surface area contributed by atoms with E-state index in [1.807, 2.05) is 12.1 Å². The van der Waals surface area contributed by atoms with Crippen molar-refractivity contribution >= 4 is 6.29 Å². The SMILES string of the molecule is O=Cc1ccccc1CC1(F)CCOCC1. The standard InChI is InChI=1S/C13H15FO2/c14-13(5-7-16-8-6-13)9-11-3-1-2-4-12(11)10-15/h1-4,10H,5-9H2. The van der Waals surface area contributed by atoms with Crippen molar-refractivity contribution in [2.24, 2.45) is 0 Å². The number of carbonyl (C=O) groups is 1. The minimum absolute atomic E-state index is 0.311. The first-order valence-electron chi connectivity index (χ1n) is 5.53. The van der Waals surface area contributed by atoms with E-state index in [4.69, 9.17) is 4.74 Å². The van der Waals surface area contributed by atoms with Gasteiger partial charge in [-0.25, -0.2) is 4.39 Å². The third kappa shape index (κ3) is 2.47. The summed E-state index contributed by atoms with van der Waals surface area (Å²) >= 11 is 0. The highest BCUT2D eigenvalue weighted by Gasteiger charge is 2.32. The third-order valence-electron chi connectivity index (χ3n) is 3.08. The van der Waals surface area contributed by atoms with Crippen molar-refractivity contribution in [3.63, 3.8) is 0 Å². The van der Waals surface area contributed by atoms with E-state index in [0.29, 0.717) is 38.0 Å². The molecule has 0 amide bonds. The van der Waals surface area contributed by atoms with Gasteiger partial charge in [-0.15, -0.1) is 0 Å². The van der Waals surface area contributed by atoms with Crippen molar-refractivity contribution in [1.29, 1.82) is 0 Å². The third-order valence-corrected chi connectivity index (χ3v) is 3.08. The fourth-order valence-electron chi connectivity index (χ4n) is 2.07. The maximum atomic E-state index is 14.4. The van der Waals surface area contributed by atoms with Crippen LogP contribution in [0.25, 0.3) is 0 Å². The fraction of sp³-hybridized carbons (Fsp3) is 0.462. The van der Waals surface area contributed by atoms with Gasteiger partial charge in [0.2, 0.25) is 0 Å². The second-order valence-corrected chi connectivity index (χ2v) is 4.26. The Labute approximate surface area is 94.4 Å². The van der Waals surface area contributed by atoms with E-state index in [9.17, 15) is 9.18 Å². The molecule has 0 atom stereocenters. The van der Waals surface area contributed by atoms with Crippen LogP contribution in [0.3, 0.4) is 0 Å². The second kappa shape index (κ2) is 4.74. The molecular formula is C13H15FO2. The van der Waals surface area contributed by atoms with Gasteiger partial charge in [0.25, 0.3) is 0 Å². The number of hydrogen-bond acceptors (Lipinski definition) is 2. The summed E-state index contributed by atoms with van der Waals surface area (Å²) in [6, 6.07) is 7.18. The number of benzene rings is 1. The van der Waals surface area contributed by atoms with E-state index in [1.165, 1.54) is 0 Å². The predicted octanol–water partition coefficient (Wildman–Crippen LogP) is 2.56. The molecule has 86 valence electrons. The van der Waals surface area contributed by atoms with E-state index < -0.39 is 5.67 Å². The molecule has 3 heteroatoms. The number of aldehydes is 1. The summed E-state index contributed by atoms with van der Waals surface area (Å²) in [4.78, 5) is 10.8. The number of rotatable bonds is 3. The first-order chi connectivity index (χ1) is 7.73. The zero-order valence-electron chi connectivity index (χ0n) is 9.12. The van der Waals surface area contributed by atoms with Crippen LogP contribution in [0.15, 0.2) is 24.3 Å². The van der Waals surface area contributed by atoms with Crippen LogP contribution in [0.5, 0.6) is 0 Å². The molecule has 1 aromatic carbocycles. The summed E-state index contributed by atoms with van der Waals surface area (Å²) in [7, 11) is 0. The van der Waals surface area contributed by atoms with E-state index in [1.54, 1.807) is 12.1 Å².